The Balaban J connectivity index is 0.000000184. The first-order chi connectivity index (χ1) is 30.0. The van der Waals surface area contributed by atoms with Crippen LogP contribution in [0.3, 0.4) is 0 Å². The van der Waals surface area contributed by atoms with Gasteiger partial charge in [-0.3, -0.25) is 0 Å². The maximum atomic E-state index is 11.5. The van der Waals surface area contributed by atoms with E-state index < -0.39 is 11.9 Å². The summed E-state index contributed by atoms with van der Waals surface area (Å²) in [6.07, 6.45) is 13.8. The first-order valence-electron chi connectivity index (χ1n) is 18.5. The number of ether oxygens (including phenoxy) is 4. The van der Waals surface area contributed by atoms with Gasteiger partial charge in [0.1, 0.15) is 22.3 Å². The number of hydrogen-bond donors (Lipinski definition) is 2. The molecule has 0 bridgehead atoms. The minimum atomic E-state index is -0.444. The average molecular weight is 936 g/mol. The standard InChI is InChI=1S/C11H12N2O2.C10H9N5O2.C10H11N3O2.C10H10N2O3.Y/c1-3-8-4-5-13-10(6-8)9(7-12-13)11(14)15-2;1-17-10(16)8-6-13-15-3-2-7(4-9(8)15)5-12-14-11;1-15-10(14)8-6-12-13-3-2-7(5-11)4-9(8)13;1-15-10(14)8-5-11-12-3-2-7(6-13)4-9(8)12;/h4-7H,3H2,1-2H3;2-4,6H,5H2,1H3;2-4,6H,5,11H2,1H3;2-5,13H,6H2,1H3;. The van der Waals surface area contributed by atoms with E-state index in [0.29, 0.717) is 45.3 Å². The number of azide groups is 1. The topological polar surface area (TPSA) is 269 Å². The Morgan fingerprint density at radius 3 is 1.25 bits per heavy atom. The van der Waals surface area contributed by atoms with Crippen LogP contribution in [0.2, 0.25) is 0 Å². The van der Waals surface area contributed by atoms with Crippen molar-refractivity contribution < 1.29 is 75.9 Å². The molecule has 0 saturated carbocycles. The van der Waals surface area contributed by atoms with Crippen LogP contribution in [0, 0.1) is 0 Å². The number of aryl methyl sites for hydroxylation is 1. The summed E-state index contributed by atoms with van der Waals surface area (Å²) in [6.45, 7) is 2.67. The van der Waals surface area contributed by atoms with Crippen molar-refractivity contribution in [2.24, 2.45) is 10.8 Å². The first-order valence-corrected chi connectivity index (χ1v) is 18.5. The third kappa shape index (κ3) is 11.7. The molecule has 8 aromatic rings. The third-order valence-corrected chi connectivity index (χ3v) is 9.11. The van der Waals surface area contributed by atoms with Gasteiger partial charge in [-0.1, -0.05) is 12.0 Å². The number of aliphatic hydroxyl groups is 1. The predicted molar refractivity (Wildman–Crippen MR) is 222 cm³/mol. The van der Waals surface area contributed by atoms with Gasteiger partial charge in [0.05, 0.1) is 88.4 Å². The molecule has 0 fully saturated rings. The number of fused-ring (bicyclic) bond motifs is 4. The van der Waals surface area contributed by atoms with Gasteiger partial charge >= 0.3 is 23.9 Å². The summed E-state index contributed by atoms with van der Waals surface area (Å²) in [5, 5.41) is 28.6. The van der Waals surface area contributed by atoms with Gasteiger partial charge in [-0.25, -0.2) is 37.2 Å². The SMILES string of the molecule is CCc1ccn2ncc(C(=O)OC)c2c1.COC(=O)c1cnn2ccc(CN)cc12.COC(=O)c1cnn2ccc(CN=[N+]=[N-])cc12.COC(=O)c1cnn2ccc(CO)cc12.[Y]. The van der Waals surface area contributed by atoms with E-state index >= 15 is 0 Å². The minimum absolute atomic E-state index is 0. The molecular formula is C41H42N12O9Y. The van der Waals surface area contributed by atoms with E-state index in [1.807, 2.05) is 30.5 Å². The van der Waals surface area contributed by atoms with Gasteiger partial charge in [0.15, 0.2) is 0 Å². The molecule has 0 aliphatic rings. The number of carbonyl (C=O) groups is 4. The molecule has 0 aliphatic carbocycles. The summed E-state index contributed by atoms with van der Waals surface area (Å²) in [4.78, 5) is 48.3. The van der Waals surface area contributed by atoms with Crippen molar-refractivity contribution in [2.45, 2.75) is 33.0 Å². The number of rotatable bonds is 9. The van der Waals surface area contributed by atoms with Crippen LogP contribution in [0.4, 0.5) is 0 Å². The number of nitrogens with two attached hydrogens (primary N) is 1. The van der Waals surface area contributed by atoms with Gasteiger partial charge < -0.3 is 29.8 Å². The smallest absolute Gasteiger partial charge is 0.341 e. The van der Waals surface area contributed by atoms with Crippen molar-refractivity contribution in [3.8, 4) is 0 Å². The van der Waals surface area contributed by atoms with Gasteiger partial charge in [-0.05, 0) is 82.7 Å². The van der Waals surface area contributed by atoms with Crippen molar-refractivity contribution in [3.63, 3.8) is 0 Å². The molecule has 0 aliphatic heterocycles. The molecule has 0 amide bonds. The monoisotopic (exact) mass is 935 g/mol. The third-order valence-electron chi connectivity index (χ3n) is 9.11. The predicted octanol–water partition coefficient (Wildman–Crippen LogP) is 4.80. The van der Waals surface area contributed by atoms with Gasteiger partial charge in [0.25, 0.3) is 0 Å². The Morgan fingerprint density at radius 1 is 0.603 bits per heavy atom. The van der Waals surface area contributed by atoms with Crippen LogP contribution >= 0.6 is 0 Å². The summed E-state index contributed by atoms with van der Waals surface area (Å²) in [7, 11) is 5.35. The van der Waals surface area contributed by atoms with Gasteiger partial charge in [0, 0.05) is 69.0 Å². The molecule has 21 nitrogen and oxygen atoms in total. The number of aliphatic hydroxyl groups excluding tert-OH is 1. The van der Waals surface area contributed by atoms with Crippen molar-refractivity contribution >= 4 is 45.9 Å². The Hall–Kier alpha value is -7.03. The molecule has 0 saturated heterocycles. The Bertz CT molecular complexity index is 2690. The number of aromatic nitrogens is 8. The number of hydrogen-bond acceptors (Lipinski definition) is 15. The fraction of sp³-hybridized carbons (Fsp3) is 0.220. The molecule has 22 heteroatoms. The van der Waals surface area contributed by atoms with E-state index in [9.17, 15) is 19.2 Å². The maximum Gasteiger partial charge on any atom is 0.341 e. The normalized spacial score (nSPS) is 10.2. The number of esters is 4. The van der Waals surface area contributed by atoms with E-state index in [4.69, 9.17) is 16.4 Å². The van der Waals surface area contributed by atoms with Crippen LogP contribution in [0.1, 0.15) is 70.6 Å². The zero-order valence-corrected chi connectivity index (χ0v) is 37.7. The molecule has 8 heterocycles. The van der Waals surface area contributed by atoms with E-state index in [1.165, 1.54) is 58.8 Å². The molecule has 8 aromatic heterocycles. The second kappa shape index (κ2) is 23.3. The molecule has 0 unspecified atom stereocenters. The van der Waals surface area contributed by atoms with Gasteiger partial charge in [-0.2, -0.15) is 20.4 Å². The van der Waals surface area contributed by atoms with Crippen molar-refractivity contribution in [1.82, 2.24) is 38.5 Å². The Labute approximate surface area is 383 Å². The van der Waals surface area contributed by atoms with E-state index in [2.05, 4.69) is 56.3 Å². The molecule has 1 radical (unpaired) electrons. The molecule has 8 rings (SSSR count). The van der Waals surface area contributed by atoms with Gasteiger partial charge in [0.2, 0.25) is 0 Å². The molecule has 323 valence electrons. The summed E-state index contributed by atoms with van der Waals surface area (Å²) in [6, 6.07) is 14.6. The second-order valence-corrected chi connectivity index (χ2v) is 12.8. The van der Waals surface area contributed by atoms with Crippen LogP contribution < -0.4 is 5.73 Å². The van der Waals surface area contributed by atoms with E-state index in [-0.39, 0.29) is 57.8 Å². The Morgan fingerprint density at radius 2 is 0.921 bits per heavy atom. The quantitative estimate of drug-likeness (QED) is 0.0647. The summed E-state index contributed by atoms with van der Waals surface area (Å²) >= 11 is 0. The largest absolute Gasteiger partial charge is 0.465 e. The maximum absolute atomic E-state index is 11.5. The van der Waals surface area contributed by atoms with Crippen LogP contribution in [-0.2, 0) is 77.8 Å². The summed E-state index contributed by atoms with van der Waals surface area (Å²) < 4.78 is 25.0. The zero-order chi connectivity index (χ0) is 44.8. The van der Waals surface area contributed by atoms with Crippen LogP contribution in [0.25, 0.3) is 32.5 Å². The molecule has 0 atom stereocenters. The Kier molecular flexibility index (Phi) is 18.0. The van der Waals surface area contributed by atoms with E-state index in [0.717, 1.165) is 28.6 Å². The second-order valence-electron chi connectivity index (χ2n) is 12.8. The van der Waals surface area contributed by atoms with Gasteiger partial charge in [-0.15, -0.1) is 0 Å². The van der Waals surface area contributed by atoms with Crippen molar-refractivity contribution in [2.75, 3.05) is 28.4 Å². The molecule has 0 aromatic carbocycles. The number of pyridine rings is 4. The van der Waals surface area contributed by atoms with Crippen molar-refractivity contribution in [3.05, 3.63) is 153 Å². The molecule has 3 N–H and O–H groups in total. The van der Waals surface area contributed by atoms with Crippen LogP contribution in [-0.4, -0.2) is 95.9 Å². The summed E-state index contributed by atoms with van der Waals surface area (Å²) in [5.41, 5.74) is 21.9. The van der Waals surface area contributed by atoms with Crippen LogP contribution in [0.5, 0.6) is 0 Å². The number of carbonyl (C=O) groups excluding carboxylic acids is 4. The average Bonchev–Trinajstić information content (AvgIpc) is 4.14. The summed E-state index contributed by atoms with van der Waals surface area (Å²) in [5.74, 6) is -1.61. The fourth-order valence-electron chi connectivity index (χ4n) is 5.82. The molecular weight excluding hydrogens is 893 g/mol. The minimum Gasteiger partial charge on any atom is -0.465 e. The van der Waals surface area contributed by atoms with Crippen LogP contribution in [0.15, 0.2) is 103 Å². The zero-order valence-electron chi connectivity index (χ0n) is 34.9. The fourth-order valence-corrected chi connectivity index (χ4v) is 5.82. The van der Waals surface area contributed by atoms with Crippen molar-refractivity contribution in [1.29, 1.82) is 0 Å². The number of nitrogens with zero attached hydrogens (tertiary/aromatic N) is 11. The molecule has 0 spiro atoms. The first kappa shape index (κ1) is 48.6. The van der Waals surface area contributed by atoms with E-state index in [1.54, 1.807) is 60.9 Å². The number of methoxy groups -OCH3 is 4. The molecule has 63 heavy (non-hydrogen) atoms.